The Morgan fingerprint density at radius 1 is 1.32 bits per heavy atom. The number of carbonyl (C=O) groups is 2. The van der Waals surface area contributed by atoms with Gasteiger partial charge < -0.3 is 16.2 Å². The van der Waals surface area contributed by atoms with E-state index < -0.39 is 11.5 Å². The second-order valence-electron chi connectivity index (χ2n) is 5.26. The Morgan fingerprint density at radius 2 is 1.95 bits per heavy atom. The SMILES string of the molecule is CC(C)(N)CC(=O)Nc1ccccc1CCC(=O)O. The first-order valence-corrected chi connectivity index (χ1v) is 6.16. The van der Waals surface area contributed by atoms with Crippen molar-refractivity contribution in [2.75, 3.05) is 5.32 Å². The molecule has 5 heteroatoms. The van der Waals surface area contributed by atoms with Crippen molar-refractivity contribution in [3.05, 3.63) is 29.8 Å². The molecule has 1 aromatic carbocycles. The summed E-state index contributed by atoms with van der Waals surface area (Å²) in [4.78, 5) is 22.4. The Labute approximate surface area is 112 Å². The Morgan fingerprint density at radius 3 is 2.53 bits per heavy atom. The highest BCUT2D eigenvalue weighted by molar-refractivity contribution is 5.92. The number of nitrogens with two attached hydrogens (primary N) is 1. The van der Waals surface area contributed by atoms with Gasteiger partial charge in [-0.2, -0.15) is 0 Å². The van der Waals surface area contributed by atoms with Crippen LogP contribution in [-0.4, -0.2) is 22.5 Å². The van der Waals surface area contributed by atoms with Crippen molar-refractivity contribution in [2.24, 2.45) is 5.73 Å². The van der Waals surface area contributed by atoms with Crippen LogP contribution < -0.4 is 11.1 Å². The Bertz CT molecular complexity index is 464. The molecule has 0 saturated carbocycles. The standard InChI is InChI=1S/C14H20N2O3/c1-14(2,15)9-12(17)16-11-6-4-3-5-10(11)7-8-13(18)19/h3-6H,7-9,15H2,1-2H3,(H,16,17)(H,18,19). The molecule has 0 aliphatic heterocycles. The highest BCUT2D eigenvalue weighted by atomic mass is 16.4. The smallest absolute Gasteiger partial charge is 0.303 e. The van der Waals surface area contributed by atoms with Crippen molar-refractivity contribution in [2.45, 2.75) is 38.6 Å². The summed E-state index contributed by atoms with van der Waals surface area (Å²) >= 11 is 0. The number of rotatable bonds is 6. The molecule has 4 N–H and O–H groups in total. The first-order valence-electron chi connectivity index (χ1n) is 6.16. The molecule has 19 heavy (non-hydrogen) atoms. The van der Waals surface area contributed by atoms with Crippen LogP contribution in [0.5, 0.6) is 0 Å². The van der Waals surface area contributed by atoms with Crippen molar-refractivity contribution >= 4 is 17.6 Å². The molecule has 0 aliphatic rings. The molecule has 0 spiro atoms. The molecular weight excluding hydrogens is 244 g/mol. The average Bonchev–Trinajstić information content (AvgIpc) is 2.25. The monoisotopic (exact) mass is 264 g/mol. The molecule has 0 fully saturated rings. The molecule has 0 aliphatic carbocycles. The molecule has 0 atom stereocenters. The fraction of sp³-hybridized carbons (Fsp3) is 0.429. The summed E-state index contributed by atoms with van der Waals surface area (Å²) in [6.45, 7) is 3.56. The average molecular weight is 264 g/mol. The van der Waals surface area contributed by atoms with Gasteiger partial charge in [-0.3, -0.25) is 9.59 Å². The molecule has 0 heterocycles. The predicted octanol–water partition coefficient (Wildman–Crippen LogP) is 1.77. The normalized spacial score (nSPS) is 11.1. The lowest BCUT2D eigenvalue weighted by Gasteiger charge is -2.18. The van der Waals surface area contributed by atoms with Crippen LogP contribution in [-0.2, 0) is 16.0 Å². The van der Waals surface area contributed by atoms with E-state index in [1.807, 2.05) is 12.1 Å². The molecule has 1 amide bonds. The number of aliphatic carboxylic acids is 1. The first-order chi connectivity index (χ1) is 8.78. The topological polar surface area (TPSA) is 92.4 Å². The van der Waals surface area contributed by atoms with Gasteiger partial charge in [0, 0.05) is 24.1 Å². The highest BCUT2D eigenvalue weighted by Crippen LogP contribution is 2.18. The summed E-state index contributed by atoms with van der Waals surface area (Å²) in [7, 11) is 0. The first kappa shape index (κ1) is 15.2. The van der Waals surface area contributed by atoms with E-state index in [0.717, 1.165) is 5.56 Å². The van der Waals surface area contributed by atoms with Crippen molar-refractivity contribution in [1.82, 2.24) is 0 Å². The van der Waals surface area contributed by atoms with Gasteiger partial charge in [0.2, 0.25) is 5.91 Å². The lowest BCUT2D eigenvalue weighted by atomic mass is 10.0. The maximum Gasteiger partial charge on any atom is 0.303 e. The summed E-state index contributed by atoms with van der Waals surface area (Å²) < 4.78 is 0. The zero-order chi connectivity index (χ0) is 14.5. The maximum atomic E-state index is 11.8. The summed E-state index contributed by atoms with van der Waals surface area (Å²) in [5.74, 6) is -1.03. The summed E-state index contributed by atoms with van der Waals surface area (Å²) in [5, 5.41) is 11.5. The van der Waals surface area contributed by atoms with Gasteiger partial charge in [0.15, 0.2) is 0 Å². The number of hydrogen-bond acceptors (Lipinski definition) is 3. The second-order valence-corrected chi connectivity index (χ2v) is 5.26. The van der Waals surface area contributed by atoms with Crippen LogP contribution in [0, 0.1) is 0 Å². The van der Waals surface area contributed by atoms with E-state index in [2.05, 4.69) is 5.32 Å². The number of amides is 1. The minimum Gasteiger partial charge on any atom is -0.481 e. The molecule has 0 saturated heterocycles. The van der Waals surface area contributed by atoms with Gasteiger partial charge >= 0.3 is 5.97 Å². The molecule has 1 rings (SSSR count). The van der Waals surface area contributed by atoms with E-state index in [4.69, 9.17) is 10.8 Å². The molecule has 1 aromatic rings. The number of anilines is 1. The van der Waals surface area contributed by atoms with Crippen LogP contribution in [0.15, 0.2) is 24.3 Å². The van der Waals surface area contributed by atoms with Gasteiger partial charge in [-0.1, -0.05) is 18.2 Å². The number of para-hydroxylation sites is 1. The van der Waals surface area contributed by atoms with Crippen molar-refractivity contribution < 1.29 is 14.7 Å². The lowest BCUT2D eigenvalue weighted by molar-refractivity contribution is -0.137. The Kier molecular flexibility index (Phi) is 5.06. The number of carboxylic acid groups (broad SMARTS) is 1. The van der Waals surface area contributed by atoms with Gasteiger partial charge in [0.25, 0.3) is 0 Å². The number of nitrogens with one attached hydrogen (secondary N) is 1. The number of carboxylic acids is 1. The van der Waals surface area contributed by atoms with E-state index in [-0.39, 0.29) is 18.7 Å². The molecular formula is C14H20N2O3. The minimum atomic E-state index is -0.857. The Hall–Kier alpha value is -1.88. The number of aryl methyl sites for hydroxylation is 1. The van der Waals surface area contributed by atoms with Crippen LogP contribution in [0.4, 0.5) is 5.69 Å². The highest BCUT2D eigenvalue weighted by Gasteiger charge is 2.17. The lowest BCUT2D eigenvalue weighted by Crippen LogP contribution is -2.36. The van der Waals surface area contributed by atoms with Gasteiger partial charge in [0.1, 0.15) is 0 Å². The van der Waals surface area contributed by atoms with Crippen molar-refractivity contribution in [1.29, 1.82) is 0 Å². The van der Waals surface area contributed by atoms with E-state index in [0.29, 0.717) is 12.1 Å². The van der Waals surface area contributed by atoms with E-state index in [1.54, 1.807) is 26.0 Å². The van der Waals surface area contributed by atoms with E-state index in [1.165, 1.54) is 0 Å². The van der Waals surface area contributed by atoms with Crippen molar-refractivity contribution in [3.63, 3.8) is 0 Å². The molecule has 0 unspecified atom stereocenters. The largest absolute Gasteiger partial charge is 0.481 e. The van der Waals surface area contributed by atoms with Crippen LogP contribution in [0.25, 0.3) is 0 Å². The zero-order valence-corrected chi connectivity index (χ0v) is 11.3. The second kappa shape index (κ2) is 6.33. The number of carbonyl (C=O) groups excluding carboxylic acids is 1. The van der Waals surface area contributed by atoms with Gasteiger partial charge in [0.05, 0.1) is 0 Å². The van der Waals surface area contributed by atoms with Crippen LogP contribution in [0.1, 0.15) is 32.3 Å². The quantitative estimate of drug-likeness (QED) is 0.730. The van der Waals surface area contributed by atoms with E-state index in [9.17, 15) is 9.59 Å². The van der Waals surface area contributed by atoms with Gasteiger partial charge in [-0.05, 0) is 31.9 Å². The molecule has 0 radical (unpaired) electrons. The summed E-state index contributed by atoms with van der Waals surface area (Å²) in [6.07, 6.45) is 0.632. The minimum absolute atomic E-state index is 0.0370. The van der Waals surface area contributed by atoms with Gasteiger partial charge in [-0.25, -0.2) is 0 Å². The third kappa shape index (κ3) is 6.01. The fourth-order valence-electron chi connectivity index (χ4n) is 1.71. The number of benzene rings is 1. The van der Waals surface area contributed by atoms with Crippen LogP contribution in [0.2, 0.25) is 0 Å². The van der Waals surface area contributed by atoms with Crippen LogP contribution >= 0.6 is 0 Å². The molecule has 0 bridgehead atoms. The summed E-state index contributed by atoms with van der Waals surface area (Å²) in [5.41, 5.74) is 6.68. The molecule has 104 valence electrons. The Balaban J connectivity index is 2.72. The fourth-order valence-corrected chi connectivity index (χ4v) is 1.71. The molecule has 0 aromatic heterocycles. The van der Waals surface area contributed by atoms with Crippen LogP contribution in [0.3, 0.4) is 0 Å². The van der Waals surface area contributed by atoms with Crippen molar-refractivity contribution in [3.8, 4) is 0 Å². The van der Waals surface area contributed by atoms with Gasteiger partial charge in [-0.15, -0.1) is 0 Å². The third-order valence-electron chi connectivity index (χ3n) is 2.52. The zero-order valence-electron chi connectivity index (χ0n) is 11.3. The maximum absolute atomic E-state index is 11.8. The number of hydrogen-bond donors (Lipinski definition) is 3. The summed E-state index contributed by atoms with van der Waals surface area (Å²) in [6, 6.07) is 7.19. The molecule has 5 nitrogen and oxygen atoms in total. The van der Waals surface area contributed by atoms with E-state index >= 15 is 0 Å². The third-order valence-corrected chi connectivity index (χ3v) is 2.52. The predicted molar refractivity (Wildman–Crippen MR) is 73.9 cm³/mol.